The Morgan fingerprint density at radius 1 is 1.11 bits per heavy atom. The molecule has 0 saturated carbocycles. The number of carbonyl (C=O) groups excluding carboxylic acids is 1. The van der Waals surface area contributed by atoms with Gasteiger partial charge in [0.25, 0.3) is 0 Å². The van der Waals surface area contributed by atoms with Crippen molar-refractivity contribution in [3.63, 3.8) is 0 Å². The fourth-order valence-corrected chi connectivity index (χ4v) is 3.14. The SMILES string of the molecule is [C-]#[N+]c1ccc2c(Cc3cccc(C(=O)OC)n3)c(-c3ccccc3)nn2c1. The summed E-state index contributed by atoms with van der Waals surface area (Å²) in [7, 11) is 1.34. The molecule has 0 aliphatic carbocycles. The lowest BCUT2D eigenvalue weighted by molar-refractivity contribution is 0.0593. The van der Waals surface area contributed by atoms with Crippen molar-refractivity contribution in [1.82, 2.24) is 14.6 Å². The topological polar surface area (TPSA) is 60.8 Å². The molecule has 0 saturated heterocycles. The smallest absolute Gasteiger partial charge is 0.356 e. The molecule has 3 heterocycles. The van der Waals surface area contributed by atoms with Gasteiger partial charge in [-0.05, 0) is 18.2 Å². The second-order valence-electron chi connectivity index (χ2n) is 6.20. The van der Waals surface area contributed by atoms with Crippen molar-refractivity contribution in [3.8, 4) is 11.3 Å². The average molecular weight is 368 g/mol. The Hall–Kier alpha value is -3.98. The first-order valence-electron chi connectivity index (χ1n) is 8.68. The van der Waals surface area contributed by atoms with Gasteiger partial charge in [-0.2, -0.15) is 5.10 Å². The van der Waals surface area contributed by atoms with Crippen LogP contribution in [0.25, 0.3) is 21.6 Å². The first-order chi connectivity index (χ1) is 13.7. The number of pyridine rings is 2. The first-order valence-corrected chi connectivity index (χ1v) is 8.68. The molecule has 6 nitrogen and oxygen atoms in total. The zero-order valence-electron chi connectivity index (χ0n) is 15.2. The second-order valence-corrected chi connectivity index (χ2v) is 6.20. The predicted molar refractivity (Wildman–Crippen MR) is 105 cm³/mol. The summed E-state index contributed by atoms with van der Waals surface area (Å²) in [4.78, 5) is 19.7. The first kappa shape index (κ1) is 17.4. The van der Waals surface area contributed by atoms with Crippen LogP contribution in [-0.2, 0) is 11.2 Å². The van der Waals surface area contributed by atoms with Crippen molar-refractivity contribution < 1.29 is 9.53 Å². The molecule has 4 rings (SSSR count). The normalized spacial score (nSPS) is 10.6. The lowest BCUT2D eigenvalue weighted by atomic mass is 10.0. The Balaban J connectivity index is 1.85. The van der Waals surface area contributed by atoms with Gasteiger partial charge in [-0.3, -0.25) is 4.52 Å². The van der Waals surface area contributed by atoms with E-state index in [1.807, 2.05) is 42.5 Å². The molecule has 4 aromatic rings. The molecule has 3 aromatic heterocycles. The minimum absolute atomic E-state index is 0.271. The molecule has 1 aromatic carbocycles. The van der Waals surface area contributed by atoms with Crippen LogP contribution in [0.1, 0.15) is 21.7 Å². The van der Waals surface area contributed by atoms with Crippen LogP contribution in [0.4, 0.5) is 5.69 Å². The van der Waals surface area contributed by atoms with E-state index in [0.29, 0.717) is 12.1 Å². The molecule has 0 unspecified atom stereocenters. The maximum absolute atomic E-state index is 11.8. The highest BCUT2D eigenvalue weighted by atomic mass is 16.5. The summed E-state index contributed by atoms with van der Waals surface area (Å²) < 4.78 is 6.50. The molecule has 0 N–H and O–H groups in total. The maximum Gasteiger partial charge on any atom is 0.356 e. The fraction of sp³-hybridized carbons (Fsp3) is 0.0909. The largest absolute Gasteiger partial charge is 0.464 e. The Morgan fingerprint density at radius 2 is 1.93 bits per heavy atom. The Kier molecular flexibility index (Phi) is 4.56. The summed E-state index contributed by atoms with van der Waals surface area (Å²) in [5.41, 5.74) is 5.22. The van der Waals surface area contributed by atoms with Gasteiger partial charge in [0.05, 0.1) is 24.9 Å². The van der Waals surface area contributed by atoms with Crippen molar-refractivity contribution in [3.05, 3.63) is 95.2 Å². The van der Waals surface area contributed by atoms with Gasteiger partial charge >= 0.3 is 5.97 Å². The number of fused-ring (bicyclic) bond motifs is 1. The van der Waals surface area contributed by atoms with Gasteiger partial charge in [-0.15, -0.1) is 0 Å². The number of carbonyl (C=O) groups is 1. The summed E-state index contributed by atoms with van der Waals surface area (Å²) in [5, 5.41) is 4.72. The molecule has 0 spiro atoms. The van der Waals surface area contributed by atoms with Crippen LogP contribution in [0.5, 0.6) is 0 Å². The van der Waals surface area contributed by atoms with E-state index < -0.39 is 5.97 Å². The van der Waals surface area contributed by atoms with E-state index in [0.717, 1.165) is 28.0 Å². The van der Waals surface area contributed by atoms with Gasteiger partial charge in [0.15, 0.2) is 0 Å². The number of aromatic nitrogens is 3. The molecule has 0 aliphatic heterocycles. The number of methoxy groups -OCH3 is 1. The highest BCUT2D eigenvalue weighted by Gasteiger charge is 2.17. The van der Waals surface area contributed by atoms with E-state index in [9.17, 15) is 4.79 Å². The Labute approximate surface area is 161 Å². The minimum atomic E-state index is -0.466. The van der Waals surface area contributed by atoms with Gasteiger partial charge < -0.3 is 4.74 Å². The van der Waals surface area contributed by atoms with Gasteiger partial charge in [-0.25, -0.2) is 14.6 Å². The molecule has 0 bridgehead atoms. The number of rotatable bonds is 4. The van der Waals surface area contributed by atoms with Crippen LogP contribution in [0.3, 0.4) is 0 Å². The van der Waals surface area contributed by atoms with Crippen LogP contribution in [0.2, 0.25) is 0 Å². The van der Waals surface area contributed by atoms with Crippen LogP contribution in [-0.4, -0.2) is 27.7 Å². The van der Waals surface area contributed by atoms with E-state index in [1.54, 1.807) is 28.9 Å². The number of hydrogen-bond donors (Lipinski definition) is 0. The molecule has 0 aliphatic rings. The fourth-order valence-electron chi connectivity index (χ4n) is 3.14. The van der Waals surface area contributed by atoms with Crippen LogP contribution >= 0.6 is 0 Å². The summed E-state index contributed by atoms with van der Waals surface area (Å²) in [6.45, 7) is 7.24. The highest BCUT2D eigenvalue weighted by molar-refractivity contribution is 5.87. The van der Waals surface area contributed by atoms with E-state index in [-0.39, 0.29) is 5.69 Å². The highest BCUT2D eigenvalue weighted by Crippen LogP contribution is 2.29. The molecular formula is C22H16N4O2. The molecule has 0 fully saturated rings. The zero-order valence-corrected chi connectivity index (χ0v) is 15.2. The van der Waals surface area contributed by atoms with E-state index in [4.69, 9.17) is 16.4 Å². The standard InChI is InChI=1S/C22H16N4O2/c1-23-17-11-12-20-18(13-16-9-6-10-19(24-16)22(27)28-2)21(25-26(20)14-17)15-7-4-3-5-8-15/h3-12,14H,13H2,2H3. The van der Waals surface area contributed by atoms with Gasteiger partial charge in [0.1, 0.15) is 5.69 Å². The van der Waals surface area contributed by atoms with Crippen molar-refractivity contribution in [2.24, 2.45) is 0 Å². The summed E-state index contributed by atoms with van der Waals surface area (Å²) in [6, 6.07) is 18.8. The molecule has 0 amide bonds. The number of hydrogen-bond acceptors (Lipinski definition) is 4. The van der Waals surface area contributed by atoms with Crippen LogP contribution in [0.15, 0.2) is 66.9 Å². The minimum Gasteiger partial charge on any atom is -0.464 e. The van der Waals surface area contributed by atoms with Gasteiger partial charge in [0, 0.05) is 29.4 Å². The van der Waals surface area contributed by atoms with E-state index in [1.165, 1.54) is 7.11 Å². The quantitative estimate of drug-likeness (QED) is 0.397. The summed E-state index contributed by atoms with van der Waals surface area (Å²) in [6.07, 6.45) is 2.21. The summed E-state index contributed by atoms with van der Waals surface area (Å²) in [5.74, 6) is -0.466. The Bertz CT molecular complexity index is 1210. The third-order valence-corrected chi connectivity index (χ3v) is 4.45. The molecule has 0 radical (unpaired) electrons. The zero-order chi connectivity index (χ0) is 19.5. The number of nitrogens with zero attached hydrogens (tertiary/aromatic N) is 4. The molecule has 136 valence electrons. The molecule has 6 heteroatoms. The van der Waals surface area contributed by atoms with Crippen LogP contribution in [0, 0.1) is 6.57 Å². The average Bonchev–Trinajstić information content (AvgIpc) is 3.11. The third-order valence-electron chi connectivity index (χ3n) is 4.45. The third kappa shape index (κ3) is 3.21. The number of esters is 1. The van der Waals surface area contributed by atoms with E-state index in [2.05, 4.69) is 9.83 Å². The van der Waals surface area contributed by atoms with Crippen molar-refractivity contribution >= 4 is 17.2 Å². The molecular weight excluding hydrogens is 352 g/mol. The van der Waals surface area contributed by atoms with Crippen molar-refractivity contribution in [1.29, 1.82) is 0 Å². The molecule has 28 heavy (non-hydrogen) atoms. The molecule has 0 atom stereocenters. The predicted octanol–water partition coefficient (Wildman–Crippen LogP) is 4.32. The maximum atomic E-state index is 11.8. The number of benzene rings is 1. The monoisotopic (exact) mass is 368 g/mol. The lowest BCUT2D eigenvalue weighted by Gasteiger charge is -2.05. The van der Waals surface area contributed by atoms with Gasteiger partial charge in [-0.1, -0.05) is 42.5 Å². The van der Waals surface area contributed by atoms with Crippen LogP contribution < -0.4 is 0 Å². The van der Waals surface area contributed by atoms with Gasteiger partial charge in [0.2, 0.25) is 5.69 Å². The second kappa shape index (κ2) is 7.33. The van der Waals surface area contributed by atoms with Crippen molar-refractivity contribution in [2.45, 2.75) is 6.42 Å². The van der Waals surface area contributed by atoms with Crippen molar-refractivity contribution in [2.75, 3.05) is 7.11 Å². The number of ether oxygens (including phenoxy) is 1. The Morgan fingerprint density at radius 3 is 2.68 bits per heavy atom. The lowest BCUT2D eigenvalue weighted by Crippen LogP contribution is -2.06. The van der Waals surface area contributed by atoms with E-state index >= 15 is 0 Å². The summed E-state index contributed by atoms with van der Waals surface area (Å²) >= 11 is 0.